The lowest BCUT2D eigenvalue weighted by Gasteiger charge is -2.09. The van der Waals surface area contributed by atoms with E-state index in [2.05, 4.69) is 22.3 Å². The number of hydrogen-bond donors (Lipinski definition) is 2. The molecule has 0 fully saturated rings. The number of benzene rings is 1. The molecule has 3 rings (SSSR count). The van der Waals surface area contributed by atoms with Crippen LogP contribution in [0.1, 0.15) is 18.2 Å². The first kappa shape index (κ1) is 12.6. The highest BCUT2D eigenvalue weighted by atomic mass is 16.3. The summed E-state index contributed by atoms with van der Waals surface area (Å²) < 4.78 is 5.80. The highest BCUT2D eigenvalue weighted by molar-refractivity contribution is 5.81. The van der Waals surface area contributed by atoms with Crippen molar-refractivity contribution in [2.24, 2.45) is 5.84 Å². The summed E-state index contributed by atoms with van der Waals surface area (Å²) in [5, 5.41) is 1.03. The molecule has 0 aliphatic rings. The molecule has 3 N–H and O–H groups in total. The molecule has 3 aromatic rings. The molecule has 2 heterocycles. The molecule has 0 spiro atoms. The Bertz CT molecular complexity index is 705. The number of fused-ring (bicyclic) bond motifs is 1. The molecule has 5 nitrogen and oxygen atoms in total. The number of rotatable bonds is 3. The molecule has 0 saturated heterocycles. The topological polar surface area (TPSA) is 77.0 Å². The van der Waals surface area contributed by atoms with E-state index in [1.807, 2.05) is 37.3 Å². The molecule has 5 heteroatoms. The van der Waals surface area contributed by atoms with Crippen molar-refractivity contribution in [3.05, 3.63) is 41.6 Å². The van der Waals surface area contributed by atoms with Crippen LogP contribution in [-0.4, -0.2) is 9.97 Å². The van der Waals surface area contributed by atoms with E-state index in [9.17, 15) is 0 Å². The van der Waals surface area contributed by atoms with Crippen molar-refractivity contribution in [3.8, 4) is 11.6 Å². The predicted octanol–water partition coefficient (Wildman–Crippen LogP) is 3.05. The molecule has 20 heavy (non-hydrogen) atoms. The first-order valence-electron chi connectivity index (χ1n) is 6.56. The van der Waals surface area contributed by atoms with Crippen LogP contribution in [0.4, 0.5) is 5.82 Å². The predicted molar refractivity (Wildman–Crippen MR) is 79.2 cm³/mol. The van der Waals surface area contributed by atoms with Crippen LogP contribution in [0.25, 0.3) is 22.6 Å². The highest BCUT2D eigenvalue weighted by Gasteiger charge is 2.13. The van der Waals surface area contributed by atoms with Crippen molar-refractivity contribution in [1.29, 1.82) is 0 Å². The molecule has 0 unspecified atom stereocenters. The van der Waals surface area contributed by atoms with E-state index in [-0.39, 0.29) is 0 Å². The molecule has 0 aliphatic carbocycles. The summed E-state index contributed by atoms with van der Waals surface area (Å²) in [6.07, 6.45) is 0.816. The van der Waals surface area contributed by atoms with Crippen molar-refractivity contribution >= 4 is 16.8 Å². The summed E-state index contributed by atoms with van der Waals surface area (Å²) in [6, 6.07) is 9.78. The van der Waals surface area contributed by atoms with Gasteiger partial charge in [0.05, 0.1) is 0 Å². The van der Waals surface area contributed by atoms with Crippen LogP contribution in [0, 0.1) is 6.92 Å². The number of anilines is 1. The maximum Gasteiger partial charge on any atom is 0.197 e. The normalized spacial score (nSPS) is 10.9. The van der Waals surface area contributed by atoms with Crippen LogP contribution in [0.2, 0.25) is 0 Å². The molecule has 0 aliphatic heterocycles. The number of furan rings is 1. The lowest BCUT2D eigenvalue weighted by molar-refractivity contribution is 0.624. The number of para-hydroxylation sites is 1. The maximum atomic E-state index is 5.80. The maximum absolute atomic E-state index is 5.80. The van der Waals surface area contributed by atoms with Crippen LogP contribution in [0.15, 0.2) is 34.7 Å². The van der Waals surface area contributed by atoms with Crippen molar-refractivity contribution in [1.82, 2.24) is 9.97 Å². The monoisotopic (exact) mass is 268 g/mol. The Hall–Kier alpha value is -2.40. The first-order valence-corrected chi connectivity index (χ1v) is 6.56. The zero-order valence-corrected chi connectivity index (χ0v) is 11.5. The summed E-state index contributed by atoms with van der Waals surface area (Å²) in [7, 11) is 0. The molecule has 102 valence electrons. The smallest absolute Gasteiger partial charge is 0.197 e. The lowest BCUT2D eigenvalue weighted by atomic mass is 10.2. The number of nitrogens with zero attached hydrogens (tertiary/aromatic N) is 2. The van der Waals surface area contributed by atoms with Crippen LogP contribution >= 0.6 is 0 Å². The number of nitrogens with two attached hydrogens (primary N) is 1. The van der Waals surface area contributed by atoms with Crippen molar-refractivity contribution in [2.45, 2.75) is 20.3 Å². The van der Waals surface area contributed by atoms with Gasteiger partial charge >= 0.3 is 0 Å². The van der Waals surface area contributed by atoms with Crippen LogP contribution < -0.4 is 11.3 Å². The number of nitrogen functional groups attached to an aromatic ring is 1. The molecular weight excluding hydrogens is 252 g/mol. The van der Waals surface area contributed by atoms with Crippen molar-refractivity contribution in [2.75, 3.05) is 5.43 Å². The molecule has 0 amide bonds. The fourth-order valence-corrected chi connectivity index (χ4v) is 2.25. The minimum absolute atomic E-state index is 0.552. The Morgan fingerprint density at radius 2 is 2.05 bits per heavy atom. The quantitative estimate of drug-likeness (QED) is 0.564. The van der Waals surface area contributed by atoms with E-state index in [1.54, 1.807) is 0 Å². The van der Waals surface area contributed by atoms with Gasteiger partial charge in [-0.2, -0.15) is 0 Å². The van der Waals surface area contributed by atoms with E-state index < -0.39 is 0 Å². The van der Waals surface area contributed by atoms with E-state index in [1.165, 1.54) is 0 Å². The summed E-state index contributed by atoms with van der Waals surface area (Å²) in [5.74, 6) is 7.36. The van der Waals surface area contributed by atoms with Gasteiger partial charge in [0, 0.05) is 16.6 Å². The average molecular weight is 268 g/mol. The summed E-state index contributed by atoms with van der Waals surface area (Å²) >= 11 is 0. The second kappa shape index (κ2) is 4.94. The Morgan fingerprint density at radius 1 is 1.25 bits per heavy atom. The Labute approximate surface area is 116 Å². The number of hydrogen-bond acceptors (Lipinski definition) is 5. The Morgan fingerprint density at radius 3 is 2.75 bits per heavy atom. The van der Waals surface area contributed by atoms with Crippen molar-refractivity contribution in [3.63, 3.8) is 0 Å². The Kier molecular flexibility index (Phi) is 3.12. The lowest BCUT2D eigenvalue weighted by Crippen LogP contribution is -2.13. The number of aryl methyl sites for hydroxylation is 1. The van der Waals surface area contributed by atoms with E-state index in [0.717, 1.165) is 28.6 Å². The average Bonchev–Trinajstić information content (AvgIpc) is 2.91. The van der Waals surface area contributed by atoms with Gasteiger partial charge in [0.15, 0.2) is 11.6 Å². The number of aromatic nitrogens is 2. The molecule has 0 saturated carbocycles. The first-order chi connectivity index (χ1) is 9.72. The second-order valence-electron chi connectivity index (χ2n) is 4.61. The van der Waals surface area contributed by atoms with Crippen LogP contribution in [0.5, 0.6) is 0 Å². The van der Waals surface area contributed by atoms with Gasteiger partial charge in [-0.15, -0.1) is 0 Å². The molecule has 0 radical (unpaired) electrons. The van der Waals surface area contributed by atoms with E-state index in [4.69, 9.17) is 10.3 Å². The van der Waals surface area contributed by atoms with Gasteiger partial charge in [0.1, 0.15) is 11.4 Å². The fraction of sp³-hybridized carbons (Fsp3) is 0.200. The number of nitrogens with one attached hydrogen (secondary N) is 1. The van der Waals surface area contributed by atoms with E-state index in [0.29, 0.717) is 17.4 Å². The number of hydrazine groups is 1. The molecule has 2 aromatic heterocycles. The van der Waals surface area contributed by atoms with Gasteiger partial charge in [0.25, 0.3) is 0 Å². The van der Waals surface area contributed by atoms with Crippen LogP contribution in [-0.2, 0) is 6.42 Å². The van der Waals surface area contributed by atoms with Gasteiger partial charge in [-0.1, -0.05) is 25.1 Å². The molecule has 0 atom stereocenters. The molecular formula is C15H16N4O. The SMILES string of the molecule is CCc1nc(-c2cc3ccccc3o2)nc(NN)c1C. The third-order valence-corrected chi connectivity index (χ3v) is 3.36. The summed E-state index contributed by atoms with van der Waals surface area (Å²) in [5.41, 5.74) is 5.38. The van der Waals surface area contributed by atoms with Gasteiger partial charge in [0.2, 0.25) is 0 Å². The summed E-state index contributed by atoms with van der Waals surface area (Å²) in [4.78, 5) is 8.99. The largest absolute Gasteiger partial charge is 0.453 e. The zero-order valence-electron chi connectivity index (χ0n) is 11.5. The third kappa shape index (κ3) is 2.02. The third-order valence-electron chi connectivity index (χ3n) is 3.36. The second-order valence-corrected chi connectivity index (χ2v) is 4.61. The van der Waals surface area contributed by atoms with Crippen LogP contribution in [0.3, 0.4) is 0 Å². The zero-order chi connectivity index (χ0) is 14.1. The van der Waals surface area contributed by atoms with E-state index >= 15 is 0 Å². The fourth-order valence-electron chi connectivity index (χ4n) is 2.25. The molecule has 0 bridgehead atoms. The Balaban J connectivity index is 2.18. The van der Waals surface area contributed by atoms with Gasteiger partial charge in [-0.05, 0) is 25.5 Å². The van der Waals surface area contributed by atoms with Crippen molar-refractivity contribution < 1.29 is 4.42 Å². The standard InChI is InChI=1S/C15H16N4O/c1-3-11-9(2)14(19-16)18-15(17-11)13-8-10-6-4-5-7-12(10)20-13/h4-8H,3,16H2,1-2H3,(H,17,18,19). The van der Waals surface area contributed by atoms with Gasteiger partial charge in [-0.25, -0.2) is 15.8 Å². The van der Waals surface area contributed by atoms with Gasteiger partial charge < -0.3 is 9.84 Å². The summed E-state index contributed by atoms with van der Waals surface area (Å²) in [6.45, 7) is 4.01. The molecule has 1 aromatic carbocycles. The minimum Gasteiger partial charge on any atom is -0.453 e. The highest BCUT2D eigenvalue weighted by Crippen LogP contribution is 2.27. The van der Waals surface area contributed by atoms with Gasteiger partial charge in [-0.3, -0.25) is 0 Å². The minimum atomic E-state index is 0.552.